The van der Waals surface area contributed by atoms with Crippen LogP contribution in [0.5, 0.6) is 0 Å². The number of amides is 2. The highest BCUT2D eigenvalue weighted by Crippen LogP contribution is 2.20. The van der Waals surface area contributed by atoms with Crippen LogP contribution in [-0.2, 0) is 0 Å². The van der Waals surface area contributed by atoms with Crippen molar-refractivity contribution in [2.24, 2.45) is 0 Å². The van der Waals surface area contributed by atoms with E-state index in [1.54, 1.807) is 24.3 Å². The Bertz CT molecular complexity index is 733. The monoisotopic (exact) mass is 365 g/mol. The van der Waals surface area contributed by atoms with Gasteiger partial charge in [-0.05, 0) is 43.7 Å². The van der Waals surface area contributed by atoms with Crippen LogP contribution in [0, 0.1) is 6.92 Å². The van der Waals surface area contributed by atoms with Crippen molar-refractivity contribution in [3.63, 3.8) is 0 Å². The quantitative estimate of drug-likeness (QED) is 0.771. The van der Waals surface area contributed by atoms with Crippen molar-refractivity contribution in [2.45, 2.75) is 13.3 Å². The van der Waals surface area contributed by atoms with Crippen molar-refractivity contribution in [2.75, 3.05) is 13.1 Å². The summed E-state index contributed by atoms with van der Waals surface area (Å²) in [5, 5.41) is 6.31. The van der Waals surface area contributed by atoms with E-state index in [1.807, 2.05) is 6.92 Å². The number of halogens is 2. The molecule has 1 heterocycles. The average molecular weight is 366 g/mol. The summed E-state index contributed by atoms with van der Waals surface area (Å²) in [4.78, 5) is 28.0. The molecule has 2 amide bonds. The predicted octanol–water partition coefficient (Wildman–Crippen LogP) is 3.25. The number of pyridine rings is 1. The SMILES string of the molecule is Cc1ccc(C(=O)NCCCNC(=O)c2cc(Cl)ccc2Cl)cn1. The number of aryl methyl sites for hydroxylation is 1. The average Bonchev–Trinajstić information content (AvgIpc) is 2.57. The Morgan fingerprint density at radius 1 is 1.04 bits per heavy atom. The molecule has 7 heteroatoms. The van der Waals surface area contributed by atoms with Crippen LogP contribution >= 0.6 is 23.2 Å². The molecule has 1 aromatic heterocycles. The van der Waals surface area contributed by atoms with Gasteiger partial charge in [0.05, 0.1) is 16.1 Å². The maximum atomic E-state index is 12.0. The number of aromatic nitrogens is 1. The van der Waals surface area contributed by atoms with E-state index in [0.29, 0.717) is 40.7 Å². The van der Waals surface area contributed by atoms with Crippen molar-refractivity contribution < 1.29 is 9.59 Å². The third kappa shape index (κ3) is 5.22. The van der Waals surface area contributed by atoms with Crippen LogP contribution < -0.4 is 10.6 Å². The van der Waals surface area contributed by atoms with Gasteiger partial charge in [-0.25, -0.2) is 0 Å². The lowest BCUT2D eigenvalue weighted by Crippen LogP contribution is -2.30. The van der Waals surface area contributed by atoms with E-state index < -0.39 is 0 Å². The Morgan fingerprint density at radius 3 is 2.42 bits per heavy atom. The molecule has 0 atom stereocenters. The molecule has 0 radical (unpaired) electrons. The van der Waals surface area contributed by atoms with Crippen LogP contribution in [0.25, 0.3) is 0 Å². The van der Waals surface area contributed by atoms with Crippen molar-refractivity contribution in [1.82, 2.24) is 15.6 Å². The summed E-state index contributed by atoms with van der Waals surface area (Å²) in [7, 11) is 0. The Labute approximate surface area is 150 Å². The van der Waals surface area contributed by atoms with E-state index in [4.69, 9.17) is 23.2 Å². The zero-order chi connectivity index (χ0) is 17.5. The summed E-state index contributed by atoms with van der Waals surface area (Å²) in [6, 6.07) is 8.22. The van der Waals surface area contributed by atoms with Gasteiger partial charge in [0.25, 0.3) is 11.8 Å². The lowest BCUT2D eigenvalue weighted by molar-refractivity contribution is 0.0951. The topological polar surface area (TPSA) is 71.1 Å². The van der Waals surface area contributed by atoms with Crippen molar-refractivity contribution in [3.05, 3.63) is 63.4 Å². The fourth-order valence-corrected chi connectivity index (χ4v) is 2.34. The van der Waals surface area contributed by atoms with E-state index >= 15 is 0 Å². The number of nitrogens with zero attached hydrogens (tertiary/aromatic N) is 1. The first-order valence-electron chi connectivity index (χ1n) is 7.41. The van der Waals surface area contributed by atoms with Crippen LogP contribution in [0.4, 0.5) is 0 Å². The van der Waals surface area contributed by atoms with Gasteiger partial charge < -0.3 is 10.6 Å². The molecule has 2 aromatic rings. The minimum atomic E-state index is -0.295. The maximum absolute atomic E-state index is 12.0. The summed E-state index contributed by atoms with van der Waals surface area (Å²) < 4.78 is 0. The van der Waals surface area contributed by atoms with Gasteiger partial charge in [0.1, 0.15) is 0 Å². The molecule has 0 aliphatic heterocycles. The first-order chi connectivity index (χ1) is 11.5. The second kappa shape index (κ2) is 8.66. The van der Waals surface area contributed by atoms with Crippen LogP contribution in [0.3, 0.4) is 0 Å². The van der Waals surface area contributed by atoms with Crippen molar-refractivity contribution >= 4 is 35.0 Å². The molecule has 24 heavy (non-hydrogen) atoms. The highest BCUT2D eigenvalue weighted by molar-refractivity contribution is 6.35. The van der Waals surface area contributed by atoms with Crippen molar-refractivity contribution in [1.29, 1.82) is 0 Å². The third-order valence-electron chi connectivity index (χ3n) is 3.27. The zero-order valence-electron chi connectivity index (χ0n) is 13.1. The molecule has 0 saturated heterocycles. The summed E-state index contributed by atoms with van der Waals surface area (Å²) in [6.07, 6.45) is 2.13. The Kier molecular flexibility index (Phi) is 6.58. The molecule has 0 unspecified atom stereocenters. The van der Waals surface area contributed by atoms with E-state index in [0.717, 1.165) is 5.69 Å². The summed E-state index contributed by atoms with van der Waals surface area (Å²) in [6.45, 7) is 2.71. The van der Waals surface area contributed by atoms with E-state index in [9.17, 15) is 9.59 Å². The molecule has 0 aliphatic carbocycles. The number of carbonyl (C=O) groups excluding carboxylic acids is 2. The molecule has 126 valence electrons. The minimum absolute atomic E-state index is 0.188. The van der Waals surface area contributed by atoms with Crippen LogP contribution in [0.15, 0.2) is 36.5 Å². The maximum Gasteiger partial charge on any atom is 0.252 e. The van der Waals surface area contributed by atoms with E-state index in [1.165, 1.54) is 12.3 Å². The minimum Gasteiger partial charge on any atom is -0.352 e. The standard InChI is InChI=1S/C17H17Cl2N3O2/c1-11-3-4-12(10-22-11)16(23)20-7-2-8-21-17(24)14-9-13(18)5-6-15(14)19/h3-6,9-10H,2,7-8H2,1H3,(H,20,23)(H,21,24). The molecular weight excluding hydrogens is 349 g/mol. The Hall–Kier alpha value is -2.11. The predicted molar refractivity (Wildman–Crippen MR) is 94.7 cm³/mol. The number of benzene rings is 1. The molecule has 5 nitrogen and oxygen atoms in total. The summed E-state index contributed by atoms with van der Waals surface area (Å²) in [5.41, 5.74) is 1.70. The van der Waals surface area contributed by atoms with Gasteiger partial charge in [-0.15, -0.1) is 0 Å². The molecule has 0 aliphatic rings. The van der Waals surface area contributed by atoms with Gasteiger partial charge in [-0.1, -0.05) is 23.2 Å². The molecular formula is C17H17Cl2N3O2. The number of hydrogen-bond acceptors (Lipinski definition) is 3. The van der Waals surface area contributed by atoms with E-state index in [-0.39, 0.29) is 11.8 Å². The lowest BCUT2D eigenvalue weighted by Gasteiger charge is -2.08. The van der Waals surface area contributed by atoms with Gasteiger partial charge in [0, 0.05) is 30.0 Å². The second-order valence-electron chi connectivity index (χ2n) is 5.18. The highest BCUT2D eigenvalue weighted by atomic mass is 35.5. The smallest absolute Gasteiger partial charge is 0.252 e. The second-order valence-corrected chi connectivity index (χ2v) is 6.02. The van der Waals surface area contributed by atoms with Crippen LogP contribution in [-0.4, -0.2) is 29.9 Å². The number of rotatable bonds is 6. The summed E-state index contributed by atoms with van der Waals surface area (Å²) in [5.74, 6) is -0.483. The van der Waals surface area contributed by atoms with Gasteiger partial charge in [-0.3, -0.25) is 14.6 Å². The molecule has 2 N–H and O–H groups in total. The summed E-state index contributed by atoms with van der Waals surface area (Å²) >= 11 is 11.8. The van der Waals surface area contributed by atoms with Crippen molar-refractivity contribution in [3.8, 4) is 0 Å². The zero-order valence-corrected chi connectivity index (χ0v) is 14.6. The molecule has 0 bridgehead atoms. The van der Waals surface area contributed by atoms with Crippen LogP contribution in [0.2, 0.25) is 10.0 Å². The first-order valence-corrected chi connectivity index (χ1v) is 8.17. The van der Waals surface area contributed by atoms with Crippen LogP contribution in [0.1, 0.15) is 32.8 Å². The third-order valence-corrected chi connectivity index (χ3v) is 3.84. The molecule has 2 rings (SSSR count). The highest BCUT2D eigenvalue weighted by Gasteiger charge is 2.10. The molecule has 0 fully saturated rings. The Balaban J connectivity index is 1.73. The van der Waals surface area contributed by atoms with Gasteiger partial charge in [0.15, 0.2) is 0 Å². The largest absolute Gasteiger partial charge is 0.352 e. The number of nitrogens with one attached hydrogen (secondary N) is 2. The van der Waals surface area contributed by atoms with E-state index in [2.05, 4.69) is 15.6 Å². The van der Waals surface area contributed by atoms with Gasteiger partial charge in [-0.2, -0.15) is 0 Å². The van der Waals surface area contributed by atoms with Gasteiger partial charge in [0.2, 0.25) is 0 Å². The fraction of sp³-hybridized carbons (Fsp3) is 0.235. The van der Waals surface area contributed by atoms with Gasteiger partial charge >= 0.3 is 0 Å². The first kappa shape index (κ1) is 18.2. The number of hydrogen-bond donors (Lipinski definition) is 2. The normalized spacial score (nSPS) is 10.3. The lowest BCUT2D eigenvalue weighted by atomic mass is 10.2. The molecule has 1 aromatic carbocycles. The molecule has 0 saturated carbocycles. The number of carbonyl (C=O) groups is 2. The Morgan fingerprint density at radius 2 is 1.75 bits per heavy atom. The fourth-order valence-electron chi connectivity index (χ4n) is 1.96. The molecule has 0 spiro atoms.